The van der Waals surface area contributed by atoms with Crippen LogP contribution >= 0.6 is 46.4 Å². The molecule has 180 valence electrons. The summed E-state index contributed by atoms with van der Waals surface area (Å²) in [5.41, 5.74) is 0.795. The highest BCUT2D eigenvalue weighted by molar-refractivity contribution is 7.92. The van der Waals surface area contributed by atoms with E-state index < -0.39 is 28.5 Å². The SMILES string of the molecule is CC[C@H](C(=O)NC)N(Cc1ccc(Cl)c(Cl)c1)C(=O)CN(c1ccc(Cl)c(Cl)c1)S(C)(=O)=O. The lowest BCUT2D eigenvalue weighted by atomic mass is 10.1. The minimum atomic E-state index is -3.87. The number of sulfonamides is 1. The maximum Gasteiger partial charge on any atom is 0.244 e. The molecule has 0 aliphatic carbocycles. The lowest BCUT2D eigenvalue weighted by Crippen LogP contribution is -2.51. The van der Waals surface area contributed by atoms with Crippen molar-refractivity contribution in [2.24, 2.45) is 0 Å². The van der Waals surface area contributed by atoms with E-state index in [1.807, 2.05) is 0 Å². The highest BCUT2D eigenvalue weighted by Crippen LogP contribution is 2.29. The van der Waals surface area contributed by atoms with Gasteiger partial charge in [-0.25, -0.2) is 8.42 Å². The number of anilines is 1. The van der Waals surface area contributed by atoms with Crippen molar-refractivity contribution in [1.29, 1.82) is 0 Å². The van der Waals surface area contributed by atoms with Crippen molar-refractivity contribution >= 4 is 73.9 Å². The van der Waals surface area contributed by atoms with Crippen LogP contribution in [0.2, 0.25) is 20.1 Å². The van der Waals surface area contributed by atoms with Crippen molar-refractivity contribution in [3.63, 3.8) is 0 Å². The molecule has 33 heavy (non-hydrogen) atoms. The van der Waals surface area contributed by atoms with Gasteiger partial charge in [-0.1, -0.05) is 59.4 Å². The summed E-state index contributed by atoms with van der Waals surface area (Å²) in [6, 6.07) is 8.26. The van der Waals surface area contributed by atoms with E-state index >= 15 is 0 Å². The van der Waals surface area contributed by atoms with Gasteiger partial charge in [0.15, 0.2) is 0 Å². The minimum Gasteiger partial charge on any atom is -0.357 e. The van der Waals surface area contributed by atoms with Crippen LogP contribution in [0.5, 0.6) is 0 Å². The van der Waals surface area contributed by atoms with Crippen LogP contribution in [-0.4, -0.2) is 51.0 Å². The maximum absolute atomic E-state index is 13.4. The molecular weight excluding hydrogens is 532 g/mol. The Morgan fingerprint density at radius 2 is 1.55 bits per heavy atom. The van der Waals surface area contributed by atoms with Crippen molar-refractivity contribution in [2.45, 2.75) is 25.9 Å². The van der Waals surface area contributed by atoms with Crippen molar-refractivity contribution in [3.8, 4) is 0 Å². The molecule has 0 aromatic heterocycles. The molecule has 2 amide bonds. The minimum absolute atomic E-state index is 0.0145. The van der Waals surface area contributed by atoms with Crippen LogP contribution in [0.25, 0.3) is 0 Å². The summed E-state index contributed by atoms with van der Waals surface area (Å²) >= 11 is 24.1. The first-order valence-electron chi connectivity index (χ1n) is 9.76. The van der Waals surface area contributed by atoms with Crippen LogP contribution in [0.3, 0.4) is 0 Å². The summed E-state index contributed by atoms with van der Waals surface area (Å²) < 4.78 is 26.0. The predicted octanol–water partition coefficient (Wildman–Crippen LogP) is 4.62. The molecule has 0 heterocycles. The molecule has 0 unspecified atom stereocenters. The smallest absolute Gasteiger partial charge is 0.244 e. The van der Waals surface area contributed by atoms with Crippen LogP contribution < -0.4 is 9.62 Å². The highest BCUT2D eigenvalue weighted by atomic mass is 35.5. The van der Waals surface area contributed by atoms with Gasteiger partial charge in [-0.3, -0.25) is 13.9 Å². The number of nitrogens with zero attached hydrogens (tertiary/aromatic N) is 2. The van der Waals surface area contributed by atoms with Crippen LogP contribution in [0.4, 0.5) is 5.69 Å². The number of hydrogen-bond donors (Lipinski definition) is 1. The standard InChI is InChI=1S/C21H23Cl4N3O4S/c1-4-19(21(30)26-2)27(11-13-5-7-15(22)17(24)9-13)20(29)12-28(33(3,31)32)14-6-8-16(23)18(25)10-14/h5-10,19H,4,11-12H2,1-3H3,(H,26,30)/t19-/m1/s1. The van der Waals surface area contributed by atoms with E-state index in [2.05, 4.69) is 5.32 Å². The highest BCUT2D eigenvalue weighted by Gasteiger charge is 2.31. The number of hydrogen-bond acceptors (Lipinski definition) is 4. The van der Waals surface area contributed by atoms with Gasteiger partial charge in [-0.15, -0.1) is 0 Å². The number of amides is 2. The van der Waals surface area contributed by atoms with Gasteiger partial charge in [0.25, 0.3) is 0 Å². The molecule has 0 saturated heterocycles. The van der Waals surface area contributed by atoms with Gasteiger partial charge >= 0.3 is 0 Å². The van der Waals surface area contributed by atoms with E-state index in [1.165, 1.54) is 30.1 Å². The van der Waals surface area contributed by atoms with E-state index in [9.17, 15) is 18.0 Å². The van der Waals surface area contributed by atoms with Gasteiger partial charge in [0.05, 0.1) is 32.0 Å². The molecular formula is C21H23Cl4N3O4S. The van der Waals surface area contributed by atoms with Gasteiger partial charge in [0, 0.05) is 13.6 Å². The Morgan fingerprint density at radius 1 is 0.970 bits per heavy atom. The predicted molar refractivity (Wildman–Crippen MR) is 134 cm³/mol. The molecule has 2 aromatic carbocycles. The molecule has 7 nitrogen and oxygen atoms in total. The van der Waals surface area contributed by atoms with Crippen molar-refractivity contribution in [1.82, 2.24) is 10.2 Å². The van der Waals surface area contributed by atoms with Crippen molar-refractivity contribution < 1.29 is 18.0 Å². The fraction of sp³-hybridized carbons (Fsp3) is 0.333. The van der Waals surface area contributed by atoms with Gasteiger partial charge < -0.3 is 10.2 Å². The molecule has 0 bridgehead atoms. The Kier molecular flexibility index (Phi) is 9.70. The molecule has 2 rings (SSSR count). The molecule has 0 radical (unpaired) electrons. The number of halogens is 4. The number of likely N-dealkylation sites (N-methyl/N-ethyl adjacent to an activating group) is 1. The zero-order chi connectivity index (χ0) is 24.9. The Bertz CT molecular complexity index is 1140. The van der Waals surface area contributed by atoms with Gasteiger partial charge in [0.1, 0.15) is 12.6 Å². The average Bonchev–Trinajstić information content (AvgIpc) is 2.75. The molecule has 0 aliphatic heterocycles. The second-order valence-electron chi connectivity index (χ2n) is 7.18. The Balaban J connectivity index is 2.46. The third-order valence-corrected chi connectivity index (χ3v) is 7.46. The maximum atomic E-state index is 13.4. The zero-order valence-corrected chi connectivity index (χ0v) is 22.0. The van der Waals surface area contributed by atoms with Crippen LogP contribution in [0, 0.1) is 0 Å². The van der Waals surface area contributed by atoms with Gasteiger partial charge in [-0.05, 0) is 42.3 Å². The fourth-order valence-corrected chi connectivity index (χ4v) is 4.63. The Labute approximate surface area is 213 Å². The summed E-state index contributed by atoms with van der Waals surface area (Å²) in [4.78, 5) is 27.3. The monoisotopic (exact) mass is 553 g/mol. The molecule has 2 aromatic rings. The van der Waals surface area contributed by atoms with E-state index in [0.29, 0.717) is 22.0 Å². The van der Waals surface area contributed by atoms with E-state index in [0.717, 1.165) is 10.6 Å². The molecule has 0 spiro atoms. The first-order valence-corrected chi connectivity index (χ1v) is 13.1. The quantitative estimate of drug-likeness (QED) is 0.490. The fourth-order valence-electron chi connectivity index (χ4n) is 3.17. The zero-order valence-electron chi connectivity index (χ0n) is 18.1. The number of carbonyl (C=O) groups is 2. The van der Waals surface area contributed by atoms with E-state index in [1.54, 1.807) is 25.1 Å². The Morgan fingerprint density at radius 3 is 2.03 bits per heavy atom. The summed E-state index contributed by atoms with van der Waals surface area (Å²) in [7, 11) is -2.41. The summed E-state index contributed by atoms with van der Waals surface area (Å²) in [6.07, 6.45) is 1.28. The van der Waals surface area contributed by atoms with Crippen LogP contribution in [-0.2, 0) is 26.2 Å². The largest absolute Gasteiger partial charge is 0.357 e. The summed E-state index contributed by atoms with van der Waals surface area (Å²) in [6.45, 7) is 1.22. The Hall–Kier alpha value is -1.71. The number of benzene rings is 2. The van der Waals surface area contributed by atoms with Crippen LogP contribution in [0.1, 0.15) is 18.9 Å². The molecule has 0 aliphatic rings. The first kappa shape index (κ1) is 27.5. The van der Waals surface area contributed by atoms with Crippen molar-refractivity contribution in [3.05, 3.63) is 62.1 Å². The number of rotatable bonds is 9. The topological polar surface area (TPSA) is 86.8 Å². The van der Waals surface area contributed by atoms with Crippen molar-refractivity contribution in [2.75, 3.05) is 24.2 Å². The third-order valence-electron chi connectivity index (χ3n) is 4.84. The third kappa shape index (κ3) is 7.13. The second kappa shape index (κ2) is 11.6. The lowest BCUT2D eigenvalue weighted by Gasteiger charge is -2.32. The van der Waals surface area contributed by atoms with E-state index in [-0.39, 0.29) is 28.2 Å². The molecule has 0 fully saturated rings. The summed E-state index contributed by atoms with van der Waals surface area (Å²) in [5.74, 6) is -0.973. The molecule has 1 atom stereocenters. The second-order valence-corrected chi connectivity index (χ2v) is 10.7. The number of carbonyl (C=O) groups excluding carboxylic acids is 2. The normalized spacial score (nSPS) is 12.2. The molecule has 1 N–H and O–H groups in total. The lowest BCUT2D eigenvalue weighted by molar-refractivity contribution is -0.140. The molecule has 0 saturated carbocycles. The van der Waals surface area contributed by atoms with Gasteiger partial charge in [0.2, 0.25) is 21.8 Å². The number of nitrogens with one attached hydrogen (secondary N) is 1. The molecule has 12 heteroatoms. The van der Waals surface area contributed by atoms with Gasteiger partial charge in [-0.2, -0.15) is 0 Å². The van der Waals surface area contributed by atoms with E-state index in [4.69, 9.17) is 46.4 Å². The first-order chi connectivity index (χ1) is 15.4. The summed E-state index contributed by atoms with van der Waals surface area (Å²) in [5, 5.41) is 3.57. The van der Waals surface area contributed by atoms with Crippen LogP contribution in [0.15, 0.2) is 36.4 Å². The average molecular weight is 555 g/mol.